The highest BCUT2D eigenvalue weighted by Gasteiger charge is 2.21. The molecule has 1 aromatic rings. The molecule has 1 unspecified atom stereocenters. The van der Waals surface area contributed by atoms with E-state index in [1.165, 1.54) is 6.42 Å². The van der Waals surface area contributed by atoms with E-state index in [1.807, 2.05) is 6.20 Å². The highest BCUT2D eigenvalue weighted by molar-refractivity contribution is 5.44. The summed E-state index contributed by atoms with van der Waals surface area (Å²) in [6.45, 7) is 8.47. The van der Waals surface area contributed by atoms with Crippen LogP contribution in [0, 0.1) is 0 Å². The number of anilines is 2. The van der Waals surface area contributed by atoms with Gasteiger partial charge < -0.3 is 15.1 Å². The monoisotopic (exact) mass is 249 g/mol. The lowest BCUT2D eigenvalue weighted by atomic mass is 10.3. The number of aromatic nitrogens is 2. The van der Waals surface area contributed by atoms with Crippen molar-refractivity contribution in [2.75, 3.05) is 43.4 Å². The van der Waals surface area contributed by atoms with Gasteiger partial charge in [0.25, 0.3) is 0 Å². The molecule has 0 spiro atoms. The molecule has 2 rings (SSSR count). The molecule has 0 bridgehead atoms. The molecule has 0 aromatic carbocycles. The first kappa shape index (κ1) is 13.1. The second-order valence-electron chi connectivity index (χ2n) is 4.95. The Morgan fingerprint density at radius 1 is 1.39 bits per heavy atom. The Hall–Kier alpha value is -1.36. The molecule has 0 radical (unpaired) electrons. The smallest absolute Gasteiger partial charge is 0.149 e. The van der Waals surface area contributed by atoms with Crippen molar-refractivity contribution in [3.63, 3.8) is 0 Å². The van der Waals surface area contributed by atoms with Crippen LogP contribution in [-0.4, -0.2) is 54.1 Å². The molecule has 1 atom stereocenters. The van der Waals surface area contributed by atoms with Crippen LogP contribution in [-0.2, 0) is 0 Å². The van der Waals surface area contributed by atoms with Gasteiger partial charge >= 0.3 is 0 Å². The van der Waals surface area contributed by atoms with Crippen LogP contribution in [0.15, 0.2) is 12.4 Å². The molecule has 0 aliphatic carbocycles. The van der Waals surface area contributed by atoms with E-state index in [1.54, 1.807) is 6.20 Å². The molecule has 2 heterocycles. The molecule has 1 fully saturated rings. The molecule has 5 heteroatoms. The fourth-order valence-electron chi connectivity index (χ4n) is 2.47. The van der Waals surface area contributed by atoms with Gasteiger partial charge in [-0.25, -0.2) is 4.98 Å². The zero-order chi connectivity index (χ0) is 13.0. The van der Waals surface area contributed by atoms with Crippen LogP contribution >= 0.6 is 0 Å². The summed E-state index contributed by atoms with van der Waals surface area (Å²) in [4.78, 5) is 13.7. The molecule has 1 aromatic heterocycles. The summed E-state index contributed by atoms with van der Waals surface area (Å²) in [5, 5.41) is 3.22. The van der Waals surface area contributed by atoms with Gasteiger partial charge in [-0.15, -0.1) is 0 Å². The van der Waals surface area contributed by atoms with E-state index in [9.17, 15) is 0 Å². The molecule has 0 amide bonds. The van der Waals surface area contributed by atoms with Gasteiger partial charge in [0.05, 0.1) is 12.4 Å². The van der Waals surface area contributed by atoms with E-state index in [2.05, 4.69) is 46.0 Å². The average molecular weight is 249 g/mol. The third-order valence-corrected chi connectivity index (χ3v) is 3.32. The summed E-state index contributed by atoms with van der Waals surface area (Å²) < 4.78 is 0. The maximum absolute atomic E-state index is 4.64. The van der Waals surface area contributed by atoms with Crippen molar-refractivity contribution >= 4 is 11.6 Å². The minimum absolute atomic E-state index is 0.476. The van der Waals surface area contributed by atoms with E-state index >= 15 is 0 Å². The Bertz CT molecular complexity index is 381. The van der Waals surface area contributed by atoms with Gasteiger partial charge in [0, 0.05) is 25.7 Å². The summed E-state index contributed by atoms with van der Waals surface area (Å²) in [6.07, 6.45) is 4.82. The molecule has 18 heavy (non-hydrogen) atoms. The maximum Gasteiger partial charge on any atom is 0.149 e. The summed E-state index contributed by atoms with van der Waals surface area (Å²) >= 11 is 0. The van der Waals surface area contributed by atoms with E-state index in [0.29, 0.717) is 6.04 Å². The Morgan fingerprint density at radius 2 is 2.22 bits per heavy atom. The fourth-order valence-corrected chi connectivity index (χ4v) is 2.47. The van der Waals surface area contributed by atoms with E-state index in [-0.39, 0.29) is 0 Å². The molecular formula is C13H23N5. The van der Waals surface area contributed by atoms with E-state index in [0.717, 1.165) is 37.8 Å². The van der Waals surface area contributed by atoms with Crippen LogP contribution < -0.4 is 10.2 Å². The Labute approximate surface area is 109 Å². The Morgan fingerprint density at radius 3 is 3.00 bits per heavy atom. The van der Waals surface area contributed by atoms with Gasteiger partial charge in [-0.3, -0.25) is 4.98 Å². The van der Waals surface area contributed by atoms with E-state index < -0.39 is 0 Å². The molecule has 1 N–H and O–H groups in total. The predicted molar refractivity (Wildman–Crippen MR) is 75.1 cm³/mol. The minimum atomic E-state index is 0.476. The van der Waals surface area contributed by atoms with Gasteiger partial charge in [-0.1, -0.05) is 0 Å². The molecular weight excluding hydrogens is 226 g/mol. The lowest BCUT2D eigenvalue weighted by Crippen LogP contribution is -2.38. The zero-order valence-electron chi connectivity index (χ0n) is 11.6. The summed E-state index contributed by atoms with van der Waals surface area (Å²) in [5.41, 5.74) is 0. The van der Waals surface area contributed by atoms with Crippen molar-refractivity contribution in [1.29, 1.82) is 0 Å². The molecule has 0 saturated carbocycles. The van der Waals surface area contributed by atoms with Crippen molar-refractivity contribution in [1.82, 2.24) is 14.9 Å². The van der Waals surface area contributed by atoms with Crippen molar-refractivity contribution in [2.45, 2.75) is 26.3 Å². The maximum atomic E-state index is 4.64. The van der Waals surface area contributed by atoms with Crippen molar-refractivity contribution in [3.05, 3.63) is 12.4 Å². The molecule has 5 nitrogen and oxygen atoms in total. The first-order valence-electron chi connectivity index (χ1n) is 6.71. The minimum Gasteiger partial charge on any atom is -0.369 e. The second-order valence-corrected chi connectivity index (χ2v) is 4.95. The standard InChI is InChI=1S/C13H23N5/c1-4-15-12-8-14-9-13(16-12)18-7-5-6-17(3)10-11(18)2/h8-9,11H,4-7,10H2,1-3H3,(H,15,16). The van der Waals surface area contributed by atoms with Gasteiger partial charge in [-0.2, -0.15) is 0 Å². The molecule has 100 valence electrons. The van der Waals surface area contributed by atoms with Crippen molar-refractivity contribution in [3.8, 4) is 0 Å². The topological polar surface area (TPSA) is 44.3 Å². The molecule has 1 aliphatic rings. The van der Waals surface area contributed by atoms with Crippen LogP contribution in [0.5, 0.6) is 0 Å². The predicted octanol–water partition coefficient (Wildman–Crippen LogP) is 1.44. The number of hydrogen-bond acceptors (Lipinski definition) is 5. The molecule has 1 aliphatic heterocycles. The SMILES string of the molecule is CCNc1cncc(N2CCCN(C)CC2C)n1. The first-order valence-corrected chi connectivity index (χ1v) is 6.71. The number of hydrogen-bond donors (Lipinski definition) is 1. The lowest BCUT2D eigenvalue weighted by Gasteiger charge is -2.29. The summed E-state index contributed by atoms with van der Waals surface area (Å²) in [6, 6.07) is 0.476. The number of nitrogens with one attached hydrogen (secondary N) is 1. The van der Waals surface area contributed by atoms with Gasteiger partial charge in [0.15, 0.2) is 0 Å². The van der Waals surface area contributed by atoms with Gasteiger partial charge in [0.1, 0.15) is 11.6 Å². The largest absolute Gasteiger partial charge is 0.369 e. The zero-order valence-corrected chi connectivity index (χ0v) is 11.6. The van der Waals surface area contributed by atoms with Crippen LogP contribution in [0.3, 0.4) is 0 Å². The summed E-state index contributed by atoms with van der Waals surface area (Å²) in [5.74, 6) is 1.84. The first-order chi connectivity index (χ1) is 8.70. The van der Waals surface area contributed by atoms with Crippen LogP contribution in [0.25, 0.3) is 0 Å². The third kappa shape index (κ3) is 3.10. The second kappa shape index (κ2) is 6.00. The Balaban J connectivity index is 2.15. The third-order valence-electron chi connectivity index (χ3n) is 3.32. The normalized spacial score (nSPS) is 21.7. The number of nitrogens with zero attached hydrogens (tertiary/aromatic N) is 4. The van der Waals surface area contributed by atoms with E-state index in [4.69, 9.17) is 0 Å². The number of likely N-dealkylation sites (N-methyl/N-ethyl adjacent to an activating group) is 1. The Kier molecular flexibility index (Phi) is 4.36. The van der Waals surface area contributed by atoms with Crippen LogP contribution in [0.2, 0.25) is 0 Å². The highest BCUT2D eigenvalue weighted by Crippen LogP contribution is 2.18. The highest BCUT2D eigenvalue weighted by atomic mass is 15.3. The van der Waals surface area contributed by atoms with Crippen molar-refractivity contribution < 1.29 is 0 Å². The van der Waals surface area contributed by atoms with Gasteiger partial charge in [-0.05, 0) is 33.9 Å². The fraction of sp³-hybridized carbons (Fsp3) is 0.692. The van der Waals surface area contributed by atoms with Crippen LogP contribution in [0.4, 0.5) is 11.6 Å². The number of rotatable bonds is 3. The quantitative estimate of drug-likeness (QED) is 0.878. The van der Waals surface area contributed by atoms with Crippen LogP contribution in [0.1, 0.15) is 20.3 Å². The van der Waals surface area contributed by atoms with Gasteiger partial charge in [0.2, 0.25) is 0 Å². The summed E-state index contributed by atoms with van der Waals surface area (Å²) in [7, 11) is 2.18. The van der Waals surface area contributed by atoms with Crippen molar-refractivity contribution in [2.24, 2.45) is 0 Å². The lowest BCUT2D eigenvalue weighted by molar-refractivity contribution is 0.337. The molecule has 1 saturated heterocycles. The average Bonchev–Trinajstić information content (AvgIpc) is 2.51.